The molecule has 0 fully saturated rings. The van der Waals surface area contributed by atoms with Crippen LogP contribution in [0.3, 0.4) is 0 Å². The highest BCUT2D eigenvalue weighted by molar-refractivity contribution is 9.10. The Balaban J connectivity index is 1.89. The van der Waals surface area contributed by atoms with E-state index in [0.717, 1.165) is 11.6 Å². The predicted octanol–water partition coefficient (Wildman–Crippen LogP) is 2.49. The lowest BCUT2D eigenvalue weighted by molar-refractivity contribution is -0.136. The Morgan fingerprint density at radius 3 is 2.39 bits per heavy atom. The van der Waals surface area contributed by atoms with Gasteiger partial charge in [0.1, 0.15) is 5.82 Å². The molecular weight excluding hydrogens is 372 g/mol. The number of amides is 2. The molecular formula is C15H12BrF2N3O2. The van der Waals surface area contributed by atoms with Gasteiger partial charge in [0, 0.05) is 17.1 Å². The predicted molar refractivity (Wildman–Crippen MR) is 84.1 cm³/mol. The molecule has 120 valence electrons. The van der Waals surface area contributed by atoms with Crippen LogP contribution in [0.1, 0.15) is 5.56 Å². The number of nitrogens with one attached hydrogen (secondary N) is 3. The van der Waals surface area contributed by atoms with Gasteiger partial charge in [-0.1, -0.05) is 30.3 Å². The van der Waals surface area contributed by atoms with E-state index in [-0.39, 0.29) is 10.2 Å². The van der Waals surface area contributed by atoms with Gasteiger partial charge in [-0.3, -0.25) is 15.0 Å². The molecule has 8 heteroatoms. The number of halogens is 3. The summed E-state index contributed by atoms with van der Waals surface area (Å²) in [5, 5.41) is 2.07. The molecule has 2 rings (SSSR count). The van der Waals surface area contributed by atoms with Crippen molar-refractivity contribution in [2.24, 2.45) is 0 Å². The SMILES string of the molecule is O=C(NNCc1ccccc1)C(=O)Nc1c(F)cc(F)cc1Br. The maximum absolute atomic E-state index is 13.6. The summed E-state index contributed by atoms with van der Waals surface area (Å²) in [5.41, 5.74) is 5.36. The summed E-state index contributed by atoms with van der Waals surface area (Å²) in [6.45, 7) is 0.314. The van der Waals surface area contributed by atoms with Crippen molar-refractivity contribution in [2.45, 2.75) is 6.54 Å². The fourth-order valence-corrected chi connectivity index (χ4v) is 2.22. The maximum Gasteiger partial charge on any atom is 0.323 e. The van der Waals surface area contributed by atoms with Crippen LogP contribution in [-0.4, -0.2) is 11.8 Å². The van der Waals surface area contributed by atoms with Crippen LogP contribution >= 0.6 is 15.9 Å². The molecule has 0 aromatic heterocycles. The smallest absolute Gasteiger partial charge is 0.314 e. The summed E-state index contributed by atoms with van der Waals surface area (Å²) in [6.07, 6.45) is 0. The fraction of sp³-hybridized carbons (Fsp3) is 0.0667. The van der Waals surface area contributed by atoms with Crippen LogP contribution in [0.15, 0.2) is 46.9 Å². The lowest BCUT2D eigenvalue weighted by atomic mass is 10.2. The Bertz CT molecular complexity index is 703. The van der Waals surface area contributed by atoms with Gasteiger partial charge >= 0.3 is 11.8 Å². The van der Waals surface area contributed by atoms with Crippen LogP contribution in [0.5, 0.6) is 0 Å². The minimum absolute atomic E-state index is 0.00612. The van der Waals surface area contributed by atoms with Crippen molar-refractivity contribution in [1.29, 1.82) is 0 Å². The molecule has 0 bridgehead atoms. The van der Waals surface area contributed by atoms with Crippen molar-refractivity contribution < 1.29 is 18.4 Å². The highest BCUT2D eigenvalue weighted by atomic mass is 79.9. The van der Waals surface area contributed by atoms with Gasteiger partial charge < -0.3 is 5.32 Å². The summed E-state index contributed by atoms with van der Waals surface area (Å²) < 4.78 is 26.5. The van der Waals surface area contributed by atoms with Gasteiger partial charge in [-0.25, -0.2) is 14.2 Å². The Labute approximate surface area is 139 Å². The lowest BCUT2D eigenvalue weighted by Crippen LogP contribution is -2.43. The third-order valence-electron chi connectivity index (χ3n) is 2.79. The molecule has 2 aromatic rings. The third kappa shape index (κ3) is 4.83. The van der Waals surface area contributed by atoms with Crippen LogP contribution in [0.4, 0.5) is 14.5 Å². The number of carbonyl (C=O) groups excluding carboxylic acids is 2. The molecule has 0 unspecified atom stereocenters. The first kappa shape index (κ1) is 17.0. The molecule has 23 heavy (non-hydrogen) atoms. The molecule has 0 aliphatic carbocycles. The minimum atomic E-state index is -1.09. The third-order valence-corrected chi connectivity index (χ3v) is 3.41. The molecule has 3 N–H and O–H groups in total. The molecule has 0 heterocycles. The second kappa shape index (κ2) is 7.80. The van der Waals surface area contributed by atoms with Crippen molar-refractivity contribution in [3.8, 4) is 0 Å². The van der Waals surface area contributed by atoms with E-state index < -0.39 is 23.4 Å². The van der Waals surface area contributed by atoms with Crippen molar-refractivity contribution in [3.05, 3.63) is 64.1 Å². The van der Waals surface area contributed by atoms with Gasteiger partial charge in [-0.2, -0.15) is 0 Å². The van der Waals surface area contributed by atoms with Crippen LogP contribution in [0.2, 0.25) is 0 Å². The zero-order valence-electron chi connectivity index (χ0n) is 11.7. The van der Waals surface area contributed by atoms with Gasteiger partial charge in [-0.15, -0.1) is 0 Å². The number of hydrogen-bond acceptors (Lipinski definition) is 3. The Hall–Kier alpha value is -2.32. The zero-order valence-corrected chi connectivity index (χ0v) is 13.3. The lowest BCUT2D eigenvalue weighted by Gasteiger charge is -2.10. The molecule has 5 nitrogen and oxygen atoms in total. The number of hydrazine groups is 1. The fourth-order valence-electron chi connectivity index (χ4n) is 1.71. The number of benzene rings is 2. The first-order valence-electron chi connectivity index (χ1n) is 6.50. The summed E-state index contributed by atoms with van der Waals surface area (Å²) in [4.78, 5) is 23.3. The summed E-state index contributed by atoms with van der Waals surface area (Å²) in [6, 6.07) is 10.8. The van der Waals surface area contributed by atoms with Gasteiger partial charge in [0.25, 0.3) is 0 Å². The van der Waals surface area contributed by atoms with E-state index >= 15 is 0 Å². The topological polar surface area (TPSA) is 70.2 Å². The van der Waals surface area contributed by atoms with Crippen molar-refractivity contribution >= 4 is 33.4 Å². The molecule has 2 aromatic carbocycles. The first-order valence-corrected chi connectivity index (χ1v) is 7.29. The maximum atomic E-state index is 13.6. The van der Waals surface area contributed by atoms with Crippen LogP contribution in [-0.2, 0) is 16.1 Å². The quantitative estimate of drug-likeness (QED) is 0.561. The van der Waals surface area contributed by atoms with E-state index in [1.54, 1.807) is 0 Å². The first-order chi connectivity index (χ1) is 11.0. The van der Waals surface area contributed by atoms with Gasteiger partial charge in [-0.05, 0) is 27.6 Å². The highest BCUT2D eigenvalue weighted by Gasteiger charge is 2.18. The normalized spacial score (nSPS) is 10.2. The molecule has 0 atom stereocenters. The van der Waals surface area contributed by atoms with Gasteiger partial charge in [0.15, 0.2) is 5.82 Å². The molecule has 0 spiro atoms. The molecule has 2 amide bonds. The summed E-state index contributed by atoms with van der Waals surface area (Å²) in [7, 11) is 0. The second-order valence-corrected chi connectivity index (χ2v) is 5.35. The summed E-state index contributed by atoms with van der Waals surface area (Å²) in [5.74, 6) is -3.88. The number of carbonyl (C=O) groups is 2. The van der Waals surface area contributed by atoms with E-state index in [1.165, 1.54) is 0 Å². The van der Waals surface area contributed by atoms with Crippen LogP contribution in [0, 0.1) is 11.6 Å². The second-order valence-electron chi connectivity index (χ2n) is 4.49. The van der Waals surface area contributed by atoms with Crippen molar-refractivity contribution in [2.75, 3.05) is 5.32 Å². The van der Waals surface area contributed by atoms with Crippen molar-refractivity contribution in [3.63, 3.8) is 0 Å². The monoisotopic (exact) mass is 383 g/mol. The molecule has 0 saturated heterocycles. The average Bonchev–Trinajstić information content (AvgIpc) is 2.51. The molecule has 0 radical (unpaired) electrons. The largest absolute Gasteiger partial charge is 0.323 e. The Morgan fingerprint density at radius 1 is 1.04 bits per heavy atom. The van der Waals surface area contributed by atoms with Crippen LogP contribution in [0.25, 0.3) is 0 Å². The Kier molecular flexibility index (Phi) is 5.78. The van der Waals surface area contributed by atoms with Crippen molar-refractivity contribution in [1.82, 2.24) is 10.9 Å². The van der Waals surface area contributed by atoms with E-state index in [2.05, 4.69) is 32.1 Å². The molecule has 0 saturated carbocycles. The molecule has 0 aliphatic rings. The Morgan fingerprint density at radius 2 is 1.74 bits per heavy atom. The zero-order chi connectivity index (χ0) is 16.8. The number of rotatable bonds is 4. The standard InChI is InChI=1S/C15H12BrF2N3O2/c16-11-6-10(17)7-12(18)13(11)20-14(22)15(23)21-19-8-9-4-2-1-3-5-9/h1-7,19H,8H2,(H,20,22)(H,21,23). The average molecular weight is 384 g/mol. The van der Waals surface area contributed by atoms with Gasteiger partial charge in [0.2, 0.25) is 0 Å². The van der Waals surface area contributed by atoms with E-state index in [4.69, 9.17) is 0 Å². The highest BCUT2D eigenvalue weighted by Crippen LogP contribution is 2.26. The number of anilines is 1. The minimum Gasteiger partial charge on any atom is -0.314 e. The van der Waals surface area contributed by atoms with Gasteiger partial charge in [0.05, 0.1) is 5.69 Å². The number of hydrogen-bond donors (Lipinski definition) is 3. The van der Waals surface area contributed by atoms with Crippen LogP contribution < -0.4 is 16.2 Å². The summed E-state index contributed by atoms with van der Waals surface area (Å²) >= 11 is 2.92. The van der Waals surface area contributed by atoms with E-state index in [9.17, 15) is 18.4 Å². The molecule has 0 aliphatic heterocycles. The van der Waals surface area contributed by atoms with E-state index in [0.29, 0.717) is 12.6 Å². The van der Waals surface area contributed by atoms with E-state index in [1.807, 2.05) is 30.3 Å².